The number of hydrogen-bond acceptors (Lipinski definition) is 6. The van der Waals surface area contributed by atoms with Gasteiger partial charge >= 0.3 is 0 Å². The number of fused-ring (bicyclic) bond motifs is 1. The molecule has 0 atom stereocenters. The van der Waals surface area contributed by atoms with E-state index in [9.17, 15) is 0 Å². The topological polar surface area (TPSA) is 83.2 Å². The predicted octanol–water partition coefficient (Wildman–Crippen LogP) is 3.68. The molecule has 1 aromatic carbocycles. The van der Waals surface area contributed by atoms with Crippen LogP contribution >= 0.6 is 11.6 Å². The highest BCUT2D eigenvalue weighted by molar-refractivity contribution is 6.30. The number of benzene rings is 1. The number of nitrogens with two attached hydrogens (primary N) is 1. The molecule has 2 N–H and O–H groups in total. The molecule has 7 heteroatoms. The van der Waals surface area contributed by atoms with Gasteiger partial charge in [0.2, 0.25) is 5.88 Å². The number of aryl methyl sites for hydroxylation is 1. The van der Waals surface area contributed by atoms with E-state index in [4.69, 9.17) is 26.8 Å². The van der Waals surface area contributed by atoms with E-state index >= 15 is 0 Å². The number of halogens is 1. The van der Waals surface area contributed by atoms with E-state index in [0.717, 1.165) is 16.9 Å². The monoisotopic (exact) mass is 330 g/mol. The highest BCUT2D eigenvalue weighted by Gasteiger charge is 2.16. The Bertz CT molecular complexity index is 899. The van der Waals surface area contributed by atoms with E-state index in [-0.39, 0.29) is 16.9 Å². The van der Waals surface area contributed by atoms with Gasteiger partial charge in [0.1, 0.15) is 34.2 Å². The zero-order chi connectivity index (χ0) is 16.6. The summed E-state index contributed by atoms with van der Waals surface area (Å²) in [7, 11) is 1.61. The molecule has 118 valence electrons. The summed E-state index contributed by atoms with van der Waals surface area (Å²) >= 11 is 6.06. The van der Waals surface area contributed by atoms with Gasteiger partial charge in [-0.05, 0) is 25.5 Å². The number of pyridine rings is 1. The number of anilines is 1. The zero-order valence-corrected chi connectivity index (χ0v) is 13.7. The maximum Gasteiger partial charge on any atom is 0.233 e. The molecule has 0 saturated carbocycles. The van der Waals surface area contributed by atoms with Crippen LogP contribution in [0.3, 0.4) is 0 Å². The third-order valence-electron chi connectivity index (χ3n) is 3.56. The second kappa shape index (κ2) is 5.89. The van der Waals surface area contributed by atoms with Crippen molar-refractivity contribution in [2.45, 2.75) is 13.8 Å². The molecule has 0 spiro atoms. The first-order valence-corrected chi connectivity index (χ1v) is 7.28. The summed E-state index contributed by atoms with van der Waals surface area (Å²) in [5.41, 5.74) is 8.33. The first-order chi connectivity index (χ1) is 11.0. The third kappa shape index (κ3) is 2.73. The largest absolute Gasteiger partial charge is 0.496 e. The lowest BCUT2D eigenvalue weighted by atomic mass is 10.1. The van der Waals surface area contributed by atoms with Gasteiger partial charge in [-0.2, -0.15) is 0 Å². The van der Waals surface area contributed by atoms with Crippen LogP contribution in [-0.2, 0) is 0 Å². The van der Waals surface area contributed by atoms with Crippen LogP contribution in [0.2, 0.25) is 5.15 Å². The lowest BCUT2D eigenvalue weighted by Gasteiger charge is -2.15. The van der Waals surface area contributed by atoms with Crippen LogP contribution in [0.15, 0.2) is 24.5 Å². The van der Waals surface area contributed by atoms with E-state index in [1.54, 1.807) is 13.2 Å². The summed E-state index contributed by atoms with van der Waals surface area (Å²) < 4.78 is 11.4. The van der Waals surface area contributed by atoms with Crippen LogP contribution < -0.4 is 15.2 Å². The van der Waals surface area contributed by atoms with Crippen LogP contribution in [0, 0.1) is 13.8 Å². The Kier molecular flexibility index (Phi) is 3.92. The second-order valence-electron chi connectivity index (χ2n) is 5.04. The molecular formula is C16H15ClN4O2. The smallest absolute Gasteiger partial charge is 0.233 e. The summed E-state index contributed by atoms with van der Waals surface area (Å²) in [6.07, 6.45) is 1.37. The van der Waals surface area contributed by atoms with Crippen LogP contribution in [0.25, 0.3) is 10.9 Å². The number of aromatic nitrogens is 3. The van der Waals surface area contributed by atoms with Crippen LogP contribution in [0.5, 0.6) is 17.4 Å². The van der Waals surface area contributed by atoms with Crippen molar-refractivity contribution in [2.24, 2.45) is 0 Å². The Morgan fingerprint density at radius 1 is 1.17 bits per heavy atom. The molecule has 3 rings (SSSR count). The molecule has 0 radical (unpaired) electrons. The Morgan fingerprint density at radius 3 is 2.70 bits per heavy atom. The Labute approximate surface area is 138 Å². The van der Waals surface area contributed by atoms with Crippen LogP contribution in [0.4, 0.5) is 5.82 Å². The Balaban J connectivity index is 2.20. The lowest BCUT2D eigenvalue weighted by molar-refractivity contribution is 0.402. The average molecular weight is 331 g/mol. The van der Waals surface area contributed by atoms with Gasteiger partial charge in [-0.1, -0.05) is 17.7 Å². The summed E-state index contributed by atoms with van der Waals surface area (Å²) in [5, 5.41) is 0.794. The van der Waals surface area contributed by atoms with Crippen molar-refractivity contribution < 1.29 is 9.47 Å². The van der Waals surface area contributed by atoms with E-state index in [1.807, 2.05) is 26.0 Å². The number of nitrogen functional groups attached to an aromatic ring is 1. The van der Waals surface area contributed by atoms with E-state index < -0.39 is 0 Å². The molecule has 0 saturated heterocycles. The molecule has 3 aromatic rings. The van der Waals surface area contributed by atoms with Gasteiger partial charge in [-0.15, -0.1) is 0 Å². The minimum atomic E-state index is 0.267. The van der Waals surface area contributed by atoms with Crippen molar-refractivity contribution >= 4 is 28.3 Å². The summed E-state index contributed by atoms with van der Waals surface area (Å²) in [4.78, 5) is 12.4. The van der Waals surface area contributed by atoms with Crippen molar-refractivity contribution in [1.82, 2.24) is 15.0 Å². The first-order valence-electron chi connectivity index (χ1n) is 6.90. The molecular weight excluding hydrogens is 316 g/mol. The molecule has 2 aromatic heterocycles. The number of hydrogen-bond donors (Lipinski definition) is 1. The number of ether oxygens (including phenoxy) is 2. The molecule has 0 aliphatic heterocycles. The first kappa shape index (κ1) is 15.3. The van der Waals surface area contributed by atoms with Crippen molar-refractivity contribution in [1.29, 1.82) is 0 Å². The average Bonchev–Trinajstić information content (AvgIpc) is 2.51. The molecule has 0 amide bonds. The van der Waals surface area contributed by atoms with E-state index in [1.165, 1.54) is 6.33 Å². The van der Waals surface area contributed by atoms with Gasteiger partial charge in [-0.3, -0.25) is 0 Å². The fourth-order valence-corrected chi connectivity index (χ4v) is 2.58. The van der Waals surface area contributed by atoms with E-state index in [2.05, 4.69) is 15.0 Å². The molecule has 23 heavy (non-hydrogen) atoms. The van der Waals surface area contributed by atoms with Crippen LogP contribution in [-0.4, -0.2) is 22.1 Å². The molecule has 0 fully saturated rings. The van der Waals surface area contributed by atoms with Gasteiger partial charge in [0, 0.05) is 11.6 Å². The Hall–Kier alpha value is -2.60. The third-order valence-corrected chi connectivity index (χ3v) is 3.75. The standard InChI is InChI=1S/C16H15ClN4O2/c1-8-4-5-11(22-3)9(2)14(8)23-16-13-10(6-12(17)21-16)19-7-20-15(13)18/h4-7H,1-3H3,(H2,18,19,20). The number of nitrogens with zero attached hydrogens (tertiary/aromatic N) is 3. The molecule has 0 bridgehead atoms. The summed E-state index contributed by atoms with van der Waals surface area (Å²) in [6, 6.07) is 5.42. The minimum Gasteiger partial charge on any atom is -0.496 e. The van der Waals surface area contributed by atoms with E-state index in [0.29, 0.717) is 16.7 Å². The fourth-order valence-electron chi connectivity index (χ4n) is 2.40. The number of methoxy groups -OCH3 is 1. The lowest BCUT2D eigenvalue weighted by Crippen LogP contribution is -2.00. The molecule has 0 unspecified atom stereocenters. The Morgan fingerprint density at radius 2 is 1.96 bits per heavy atom. The highest BCUT2D eigenvalue weighted by atomic mass is 35.5. The fraction of sp³-hybridized carbons (Fsp3) is 0.188. The van der Waals surface area contributed by atoms with Crippen molar-refractivity contribution in [3.05, 3.63) is 40.8 Å². The maximum absolute atomic E-state index is 6.06. The number of rotatable bonds is 3. The van der Waals surface area contributed by atoms with Gasteiger partial charge in [0.25, 0.3) is 0 Å². The summed E-state index contributed by atoms with van der Waals surface area (Å²) in [5.74, 6) is 1.92. The van der Waals surface area contributed by atoms with Gasteiger partial charge < -0.3 is 15.2 Å². The minimum absolute atomic E-state index is 0.267. The molecule has 0 aliphatic rings. The van der Waals surface area contributed by atoms with Crippen LogP contribution in [0.1, 0.15) is 11.1 Å². The predicted molar refractivity (Wildman–Crippen MR) is 89.3 cm³/mol. The normalized spacial score (nSPS) is 10.8. The highest BCUT2D eigenvalue weighted by Crippen LogP contribution is 2.37. The molecule has 2 heterocycles. The maximum atomic E-state index is 6.06. The van der Waals surface area contributed by atoms with Crippen molar-refractivity contribution in [2.75, 3.05) is 12.8 Å². The summed E-state index contributed by atoms with van der Waals surface area (Å²) in [6.45, 7) is 3.85. The molecule has 0 aliphatic carbocycles. The van der Waals surface area contributed by atoms with Crippen molar-refractivity contribution in [3.63, 3.8) is 0 Å². The SMILES string of the molecule is COc1ccc(C)c(Oc2nc(Cl)cc3ncnc(N)c23)c1C. The van der Waals surface area contributed by atoms with Gasteiger partial charge in [-0.25, -0.2) is 15.0 Å². The zero-order valence-electron chi connectivity index (χ0n) is 12.9. The second-order valence-corrected chi connectivity index (χ2v) is 5.43. The van der Waals surface area contributed by atoms with Crippen molar-refractivity contribution in [3.8, 4) is 17.4 Å². The van der Waals surface area contributed by atoms with Gasteiger partial charge in [0.15, 0.2) is 0 Å². The van der Waals surface area contributed by atoms with Gasteiger partial charge in [0.05, 0.1) is 12.6 Å². The molecule has 6 nitrogen and oxygen atoms in total. The quantitative estimate of drug-likeness (QED) is 0.737.